The largest absolute Gasteiger partial charge is 0.478 e. The van der Waals surface area contributed by atoms with Crippen molar-refractivity contribution in [3.63, 3.8) is 0 Å². The summed E-state index contributed by atoms with van der Waals surface area (Å²) in [5, 5.41) is 13.9. The van der Waals surface area contributed by atoms with Gasteiger partial charge in [-0.05, 0) is 60.5 Å². The fourth-order valence-electron chi connectivity index (χ4n) is 5.92. The van der Waals surface area contributed by atoms with E-state index >= 15 is 0 Å². The van der Waals surface area contributed by atoms with Gasteiger partial charge in [-0.1, -0.05) is 53.2 Å². The summed E-state index contributed by atoms with van der Waals surface area (Å²) < 4.78 is 5.51. The number of aromatic nitrogens is 1. The minimum atomic E-state index is -1.03. The number of carbonyl (C=O) groups is 3. The first kappa shape index (κ1) is 28.6. The van der Waals surface area contributed by atoms with Gasteiger partial charge in [0.15, 0.2) is 5.78 Å². The van der Waals surface area contributed by atoms with Gasteiger partial charge in [0.1, 0.15) is 11.7 Å². The molecule has 0 spiro atoms. The number of carboxylic acids is 1. The fraction of sp³-hybridized carbons (Fsp3) is 0.273. The first-order chi connectivity index (χ1) is 20.8. The van der Waals surface area contributed by atoms with Crippen LogP contribution in [0.1, 0.15) is 43.6 Å². The van der Waals surface area contributed by atoms with E-state index in [-0.39, 0.29) is 23.5 Å². The molecule has 0 radical (unpaired) electrons. The Hall–Kier alpha value is -4.47. The van der Waals surface area contributed by atoms with Crippen molar-refractivity contribution in [1.82, 2.24) is 15.0 Å². The van der Waals surface area contributed by atoms with Gasteiger partial charge in [0.2, 0.25) is 5.76 Å². The lowest BCUT2D eigenvalue weighted by atomic mass is 9.86. The molecule has 2 aliphatic rings. The first-order valence-electron chi connectivity index (χ1n) is 14.2. The van der Waals surface area contributed by atoms with E-state index in [1.807, 2.05) is 18.2 Å². The number of likely N-dealkylation sites (N-methyl/N-ethyl adjacent to an activating group) is 1. The zero-order valence-electron chi connectivity index (χ0n) is 23.7. The Kier molecular flexibility index (Phi) is 8.01. The van der Waals surface area contributed by atoms with Gasteiger partial charge in [0.25, 0.3) is 5.91 Å². The van der Waals surface area contributed by atoms with Gasteiger partial charge in [0, 0.05) is 61.5 Å². The topological polar surface area (TPSA) is 107 Å². The lowest BCUT2D eigenvalue weighted by Crippen LogP contribution is -2.47. The molecule has 9 nitrogen and oxygen atoms in total. The third kappa shape index (κ3) is 5.91. The molecule has 1 aromatic heterocycles. The Bertz CT molecular complexity index is 1680. The second-order valence-corrected chi connectivity index (χ2v) is 11.5. The number of hydrogen-bond donors (Lipinski definition) is 1. The van der Waals surface area contributed by atoms with E-state index in [4.69, 9.17) is 16.1 Å². The van der Waals surface area contributed by atoms with E-state index in [1.165, 1.54) is 12.1 Å². The van der Waals surface area contributed by atoms with E-state index in [0.29, 0.717) is 34.8 Å². The zero-order valence-corrected chi connectivity index (χ0v) is 24.5. The van der Waals surface area contributed by atoms with Crippen molar-refractivity contribution in [3.8, 4) is 11.3 Å². The number of fused-ring (bicyclic) bond motifs is 1. The van der Waals surface area contributed by atoms with Crippen molar-refractivity contribution < 1.29 is 24.0 Å². The number of piperazine rings is 1. The summed E-state index contributed by atoms with van der Waals surface area (Å²) in [6, 6.07) is 20.1. The van der Waals surface area contributed by atoms with Crippen LogP contribution in [0.5, 0.6) is 0 Å². The quantitative estimate of drug-likeness (QED) is 0.317. The van der Waals surface area contributed by atoms with Crippen LogP contribution in [0.2, 0.25) is 5.02 Å². The average molecular weight is 599 g/mol. The summed E-state index contributed by atoms with van der Waals surface area (Å²) in [6.07, 6.45) is 0.632. The number of aromatic carboxylic acids is 1. The molecule has 2 aliphatic heterocycles. The Morgan fingerprint density at radius 3 is 2.42 bits per heavy atom. The molecule has 1 saturated heterocycles. The summed E-state index contributed by atoms with van der Waals surface area (Å²) in [5.41, 5.74) is 4.99. The molecular weight excluding hydrogens is 568 g/mol. The van der Waals surface area contributed by atoms with Crippen LogP contribution < -0.4 is 4.90 Å². The average Bonchev–Trinajstić information content (AvgIpc) is 3.51. The number of benzene rings is 3. The number of hydrogen-bond acceptors (Lipinski definition) is 7. The number of carbonyl (C=O) groups excluding carboxylic acids is 2. The van der Waals surface area contributed by atoms with Gasteiger partial charge in [0.05, 0.1) is 5.56 Å². The molecule has 0 bridgehead atoms. The number of anilines is 1. The highest BCUT2D eigenvalue weighted by molar-refractivity contribution is 6.30. The lowest BCUT2D eigenvalue weighted by Gasteiger charge is -2.40. The summed E-state index contributed by atoms with van der Waals surface area (Å²) >= 11 is 6.15. The Labute approximate surface area is 254 Å². The van der Waals surface area contributed by atoms with Crippen molar-refractivity contribution in [2.75, 3.05) is 44.7 Å². The third-order valence-electron chi connectivity index (χ3n) is 8.23. The van der Waals surface area contributed by atoms with Crippen LogP contribution in [0, 0.1) is 0 Å². The van der Waals surface area contributed by atoms with Gasteiger partial charge in [-0.3, -0.25) is 9.59 Å². The molecule has 10 heteroatoms. The number of nitrogens with zero attached hydrogens (tertiary/aromatic N) is 4. The predicted octanol–water partition coefficient (Wildman–Crippen LogP) is 5.00. The lowest BCUT2D eigenvalue weighted by molar-refractivity contribution is -0.123. The van der Waals surface area contributed by atoms with E-state index in [0.717, 1.165) is 43.0 Å². The molecule has 4 aromatic rings. The molecule has 220 valence electrons. The van der Waals surface area contributed by atoms with E-state index in [9.17, 15) is 19.5 Å². The van der Waals surface area contributed by atoms with Gasteiger partial charge in [-0.15, -0.1) is 0 Å². The highest BCUT2D eigenvalue weighted by atomic mass is 35.5. The predicted molar refractivity (Wildman–Crippen MR) is 163 cm³/mol. The Morgan fingerprint density at radius 1 is 0.953 bits per heavy atom. The SMILES string of the molecule is CN1CCN(c2cccc3c2CCN(C(=O)c2cc(-c4cccc(Cl)c4)no2)C3C(=O)Cc2ccc(C(=O)O)cc2)CC1. The maximum atomic E-state index is 14.1. The molecule has 1 fully saturated rings. The number of halogens is 1. The number of ketones is 1. The molecule has 1 N–H and O–H groups in total. The third-order valence-corrected chi connectivity index (χ3v) is 8.46. The van der Waals surface area contributed by atoms with Gasteiger partial charge in [-0.2, -0.15) is 0 Å². The van der Waals surface area contributed by atoms with Crippen molar-refractivity contribution in [2.45, 2.75) is 18.9 Å². The van der Waals surface area contributed by atoms with E-state index in [2.05, 4.69) is 28.1 Å². The maximum absolute atomic E-state index is 14.1. The number of amides is 1. The molecule has 1 atom stereocenters. The summed E-state index contributed by atoms with van der Waals surface area (Å²) in [6.45, 7) is 3.99. The molecule has 1 unspecified atom stereocenters. The molecular formula is C33H31ClN4O5. The Morgan fingerprint density at radius 2 is 1.70 bits per heavy atom. The molecule has 3 aromatic carbocycles. The van der Waals surface area contributed by atoms with Crippen LogP contribution in [0.4, 0.5) is 5.69 Å². The van der Waals surface area contributed by atoms with Crippen molar-refractivity contribution in [1.29, 1.82) is 0 Å². The fourth-order valence-corrected chi connectivity index (χ4v) is 6.11. The molecule has 0 aliphatic carbocycles. The summed E-state index contributed by atoms with van der Waals surface area (Å²) in [5.74, 6) is -1.58. The Balaban J connectivity index is 1.34. The van der Waals surface area contributed by atoms with E-state index < -0.39 is 17.9 Å². The molecule has 0 saturated carbocycles. The van der Waals surface area contributed by atoms with Crippen molar-refractivity contribution in [2.24, 2.45) is 0 Å². The minimum absolute atomic E-state index is 0.0384. The number of Topliss-reactive ketones (excluding diaryl/α,β-unsaturated/α-hetero) is 1. The van der Waals surface area contributed by atoms with Crippen LogP contribution >= 0.6 is 11.6 Å². The highest BCUT2D eigenvalue weighted by Gasteiger charge is 2.39. The summed E-state index contributed by atoms with van der Waals surface area (Å²) in [7, 11) is 2.11. The molecule has 1 amide bonds. The van der Waals surface area contributed by atoms with Gasteiger partial charge >= 0.3 is 5.97 Å². The summed E-state index contributed by atoms with van der Waals surface area (Å²) in [4.78, 5) is 45.6. The smallest absolute Gasteiger partial charge is 0.335 e. The zero-order chi connectivity index (χ0) is 30.1. The van der Waals surface area contributed by atoms with Crippen LogP contribution in [0.25, 0.3) is 11.3 Å². The van der Waals surface area contributed by atoms with Crippen LogP contribution in [0.3, 0.4) is 0 Å². The molecule has 6 rings (SSSR count). The number of carboxylic acid groups (broad SMARTS) is 1. The minimum Gasteiger partial charge on any atom is -0.478 e. The van der Waals surface area contributed by atoms with Crippen LogP contribution in [0.15, 0.2) is 77.3 Å². The van der Waals surface area contributed by atoms with Crippen molar-refractivity contribution in [3.05, 3.63) is 106 Å². The standard InChI is InChI=1S/C33H31ClN4O5/c1-36-14-16-37(17-15-36)28-7-3-6-26-25(28)12-13-38(31(26)29(39)18-21-8-10-22(11-9-21)33(41)42)32(40)30-20-27(35-43-30)23-4-2-5-24(34)19-23/h2-11,19-20,31H,12-18H2,1H3,(H,41,42). The maximum Gasteiger partial charge on any atom is 0.335 e. The molecule has 43 heavy (non-hydrogen) atoms. The first-order valence-corrected chi connectivity index (χ1v) is 14.6. The number of rotatable bonds is 7. The van der Waals surface area contributed by atoms with Crippen molar-refractivity contribution >= 4 is 34.9 Å². The van der Waals surface area contributed by atoms with E-state index in [1.54, 1.807) is 41.3 Å². The van der Waals surface area contributed by atoms with Crippen LogP contribution in [-0.2, 0) is 17.6 Å². The van der Waals surface area contributed by atoms with Gasteiger partial charge in [-0.25, -0.2) is 4.79 Å². The highest BCUT2D eigenvalue weighted by Crippen LogP contribution is 2.38. The molecule has 3 heterocycles. The second-order valence-electron chi connectivity index (χ2n) is 11.0. The normalized spacial score (nSPS) is 17.0. The monoisotopic (exact) mass is 598 g/mol. The second kappa shape index (κ2) is 12.0. The van der Waals surface area contributed by atoms with Gasteiger partial charge < -0.3 is 24.3 Å². The van der Waals surface area contributed by atoms with Crippen LogP contribution in [-0.4, -0.2) is 77.5 Å².